The minimum absolute atomic E-state index is 0.0630. The van der Waals surface area contributed by atoms with E-state index in [1.54, 1.807) is 18.2 Å². The van der Waals surface area contributed by atoms with Gasteiger partial charge in [0.05, 0.1) is 17.7 Å². The van der Waals surface area contributed by atoms with Crippen LogP contribution in [0.3, 0.4) is 0 Å². The summed E-state index contributed by atoms with van der Waals surface area (Å²) in [7, 11) is 0. The Balaban J connectivity index is 2.19. The maximum atomic E-state index is 12.0. The second-order valence-electron chi connectivity index (χ2n) is 3.87. The van der Waals surface area contributed by atoms with Crippen molar-refractivity contribution in [3.05, 3.63) is 33.8 Å². The number of carbonyl (C=O) groups is 3. The number of carbonyl (C=O) groups excluding carboxylic acids is 3. The number of hydrogen-bond acceptors (Lipinski definition) is 3. The normalized spacial score (nSPS) is 13.2. The molecule has 0 bridgehead atoms. The zero-order valence-corrected chi connectivity index (χ0v) is 11.4. The van der Waals surface area contributed by atoms with Gasteiger partial charge in [0.1, 0.15) is 6.54 Å². The molecule has 19 heavy (non-hydrogen) atoms. The quantitative estimate of drug-likeness (QED) is 0.661. The first-order valence-electron chi connectivity index (χ1n) is 5.40. The number of hydrogen-bond donors (Lipinski definition) is 1. The minimum atomic E-state index is -0.475. The summed E-state index contributed by atoms with van der Waals surface area (Å²) in [5.41, 5.74) is 0.599. The Morgan fingerprint density at radius 1 is 1.32 bits per heavy atom. The molecule has 0 atom stereocenters. The van der Waals surface area contributed by atoms with Crippen LogP contribution in [0.4, 0.5) is 0 Å². The van der Waals surface area contributed by atoms with E-state index in [2.05, 4.69) is 27.2 Å². The van der Waals surface area contributed by atoms with Crippen molar-refractivity contribution < 1.29 is 14.4 Å². The summed E-state index contributed by atoms with van der Waals surface area (Å²) >= 11 is 3.23. The molecular weight excluding hydrogens is 312 g/mol. The van der Waals surface area contributed by atoms with Crippen molar-refractivity contribution in [1.82, 2.24) is 10.2 Å². The predicted octanol–water partition coefficient (Wildman–Crippen LogP) is 0.794. The Kier molecular flexibility index (Phi) is 3.67. The van der Waals surface area contributed by atoms with E-state index in [4.69, 9.17) is 6.42 Å². The van der Waals surface area contributed by atoms with E-state index in [0.29, 0.717) is 15.6 Å². The molecule has 0 radical (unpaired) electrons. The molecule has 3 amide bonds. The molecular formula is C13H9BrN2O3. The molecule has 1 aliphatic rings. The molecule has 0 fully saturated rings. The first kappa shape index (κ1) is 13.3. The average molecular weight is 321 g/mol. The highest BCUT2D eigenvalue weighted by Crippen LogP contribution is 2.25. The van der Waals surface area contributed by atoms with E-state index in [-0.39, 0.29) is 13.1 Å². The molecule has 6 heteroatoms. The second kappa shape index (κ2) is 5.24. The largest absolute Gasteiger partial charge is 0.344 e. The number of nitrogens with one attached hydrogen (secondary N) is 1. The molecule has 1 aliphatic heterocycles. The van der Waals surface area contributed by atoms with Gasteiger partial charge in [-0.2, -0.15) is 0 Å². The number of rotatable bonds is 3. The second-order valence-corrected chi connectivity index (χ2v) is 4.78. The Morgan fingerprint density at radius 2 is 2.00 bits per heavy atom. The SMILES string of the molecule is C#CCNC(=O)CN1C(=O)c2ccc(Br)cc2C1=O. The zero-order chi connectivity index (χ0) is 14.0. The lowest BCUT2D eigenvalue weighted by Crippen LogP contribution is -2.40. The van der Waals surface area contributed by atoms with Gasteiger partial charge in [-0.1, -0.05) is 21.9 Å². The average Bonchev–Trinajstić information content (AvgIpc) is 2.61. The number of terminal acetylenes is 1. The van der Waals surface area contributed by atoms with Crippen molar-refractivity contribution >= 4 is 33.7 Å². The number of benzene rings is 1. The van der Waals surface area contributed by atoms with Crippen LogP contribution in [0.25, 0.3) is 0 Å². The maximum absolute atomic E-state index is 12.0. The number of fused-ring (bicyclic) bond motifs is 1. The van der Waals surface area contributed by atoms with Crippen LogP contribution in [-0.4, -0.2) is 35.7 Å². The number of amides is 3. The summed E-state index contributed by atoms with van der Waals surface area (Å²) in [5.74, 6) is 0.834. The highest BCUT2D eigenvalue weighted by atomic mass is 79.9. The Hall–Kier alpha value is -2.13. The fourth-order valence-electron chi connectivity index (χ4n) is 1.76. The fraction of sp³-hybridized carbons (Fsp3) is 0.154. The van der Waals surface area contributed by atoms with Gasteiger partial charge in [0.2, 0.25) is 5.91 Å². The van der Waals surface area contributed by atoms with Crippen molar-refractivity contribution in [3.8, 4) is 12.3 Å². The van der Waals surface area contributed by atoms with Crippen LogP contribution >= 0.6 is 15.9 Å². The topological polar surface area (TPSA) is 66.5 Å². The van der Waals surface area contributed by atoms with Gasteiger partial charge in [0.25, 0.3) is 11.8 Å². The van der Waals surface area contributed by atoms with Crippen LogP contribution in [0, 0.1) is 12.3 Å². The van der Waals surface area contributed by atoms with Gasteiger partial charge in [-0.15, -0.1) is 6.42 Å². The van der Waals surface area contributed by atoms with Crippen LogP contribution < -0.4 is 5.32 Å². The molecule has 1 heterocycles. The Morgan fingerprint density at radius 3 is 2.68 bits per heavy atom. The van der Waals surface area contributed by atoms with E-state index < -0.39 is 17.7 Å². The van der Waals surface area contributed by atoms with Crippen molar-refractivity contribution in [2.45, 2.75) is 0 Å². The summed E-state index contributed by atoms with van der Waals surface area (Å²) in [5, 5.41) is 2.41. The first-order chi connectivity index (χ1) is 9.04. The lowest BCUT2D eigenvalue weighted by atomic mass is 10.1. The number of imide groups is 1. The minimum Gasteiger partial charge on any atom is -0.344 e. The van der Waals surface area contributed by atoms with E-state index in [1.165, 1.54) is 0 Å². The molecule has 0 aliphatic carbocycles. The fourth-order valence-corrected chi connectivity index (χ4v) is 2.12. The van der Waals surface area contributed by atoms with Crippen molar-refractivity contribution in [2.24, 2.45) is 0 Å². The molecule has 1 aromatic rings. The molecule has 0 aromatic heterocycles. The number of nitrogens with zero attached hydrogens (tertiary/aromatic N) is 1. The van der Waals surface area contributed by atoms with Gasteiger partial charge in [0, 0.05) is 4.47 Å². The van der Waals surface area contributed by atoms with Gasteiger partial charge >= 0.3 is 0 Å². The summed E-state index contributed by atoms with van der Waals surface area (Å²) < 4.78 is 0.700. The summed E-state index contributed by atoms with van der Waals surface area (Å²) in [4.78, 5) is 36.4. The molecule has 1 N–H and O–H groups in total. The first-order valence-corrected chi connectivity index (χ1v) is 6.20. The number of halogens is 1. The maximum Gasteiger partial charge on any atom is 0.262 e. The molecule has 2 rings (SSSR count). The monoisotopic (exact) mass is 320 g/mol. The smallest absolute Gasteiger partial charge is 0.262 e. The van der Waals surface area contributed by atoms with Crippen molar-refractivity contribution in [1.29, 1.82) is 0 Å². The Labute approximate surface area is 118 Å². The van der Waals surface area contributed by atoms with Crippen LogP contribution in [-0.2, 0) is 4.79 Å². The van der Waals surface area contributed by atoms with Crippen LogP contribution in [0.5, 0.6) is 0 Å². The third kappa shape index (κ3) is 2.51. The third-order valence-corrected chi connectivity index (χ3v) is 3.12. The predicted molar refractivity (Wildman–Crippen MR) is 71.4 cm³/mol. The van der Waals surface area contributed by atoms with E-state index in [9.17, 15) is 14.4 Å². The van der Waals surface area contributed by atoms with E-state index >= 15 is 0 Å². The highest BCUT2D eigenvalue weighted by molar-refractivity contribution is 9.10. The molecule has 96 valence electrons. The molecule has 0 unspecified atom stereocenters. The molecule has 1 aromatic carbocycles. The summed E-state index contributed by atoms with van der Waals surface area (Å²) in [6.07, 6.45) is 5.01. The van der Waals surface area contributed by atoms with Gasteiger partial charge in [-0.3, -0.25) is 19.3 Å². The van der Waals surface area contributed by atoms with Gasteiger partial charge in [0.15, 0.2) is 0 Å². The van der Waals surface area contributed by atoms with E-state index in [0.717, 1.165) is 4.90 Å². The van der Waals surface area contributed by atoms with Crippen molar-refractivity contribution in [2.75, 3.05) is 13.1 Å². The highest BCUT2D eigenvalue weighted by Gasteiger charge is 2.36. The molecule has 0 saturated heterocycles. The van der Waals surface area contributed by atoms with Crippen LogP contribution in [0.2, 0.25) is 0 Å². The van der Waals surface area contributed by atoms with E-state index in [1.807, 2.05) is 0 Å². The molecule has 0 saturated carbocycles. The van der Waals surface area contributed by atoms with Crippen LogP contribution in [0.15, 0.2) is 22.7 Å². The van der Waals surface area contributed by atoms with Crippen LogP contribution in [0.1, 0.15) is 20.7 Å². The third-order valence-electron chi connectivity index (χ3n) is 2.62. The lowest BCUT2D eigenvalue weighted by Gasteiger charge is -2.12. The van der Waals surface area contributed by atoms with Gasteiger partial charge < -0.3 is 5.32 Å². The molecule has 0 spiro atoms. The standard InChI is InChI=1S/C13H9BrN2O3/c1-2-5-15-11(17)7-16-12(18)9-4-3-8(14)6-10(9)13(16)19/h1,3-4,6H,5,7H2,(H,15,17). The van der Waals surface area contributed by atoms with Gasteiger partial charge in [-0.25, -0.2) is 0 Å². The van der Waals surface area contributed by atoms with Crippen molar-refractivity contribution in [3.63, 3.8) is 0 Å². The summed E-state index contributed by atoms with van der Waals surface area (Å²) in [6.45, 7) is -0.265. The zero-order valence-electron chi connectivity index (χ0n) is 9.77. The van der Waals surface area contributed by atoms with Gasteiger partial charge in [-0.05, 0) is 18.2 Å². The Bertz CT molecular complexity index is 619. The lowest BCUT2D eigenvalue weighted by molar-refractivity contribution is -0.121. The molecule has 5 nitrogen and oxygen atoms in total. The summed E-state index contributed by atoms with van der Waals surface area (Å²) in [6, 6.07) is 4.79.